The van der Waals surface area contributed by atoms with E-state index in [-0.39, 0.29) is 17.6 Å². The first-order chi connectivity index (χ1) is 21.5. The Morgan fingerprint density at radius 3 is 2.26 bits per heavy atom. The zero-order valence-electron chi connectivity index (χ0n) is 30.5. The van der Waals surface area contributed by atoms with Crippen LogP contribution in [-0.2, 0) is 27.2 Å². The van der Waals surface area contributed by atoms with Crippen LogP contribution in [0.3, 0.4) is 0 Å². The number of thiophene rings is 1. The van der Waals surface area contributed by atoms with Crippen LogP contribution in [0, 0.1) is 12.3 Å². The van der Waals surface area contributed by atoms with Crippen LogP contribution in [0.4, 0.5) is 4.79 Å². The van der Waals surface area contributed by atoms with Gasteiger partial charge in [-0.2, -0.15) is 9.78 Å². The second kappa shape index (κ2) is 14.4. The number of esters is 1. The van der Waals surface area contributed by atoms with Gasteiger partial charge in [0.2, 0.25) is 0 Å². The Hall–Kier alpha value is -3.34. The van der Waals surface area contributed by atoms with Gasteiger partial charge in [-0.15, -0.1) is 11.3 Å². The van der Waals surface area contributed by atoms with Crippen molar-refractivity contribution in [3.05, 3.63) is 51.0 Å². The van der Waals surface area contributed by atoms with E-state index < -0.39 is 23.3 Å². The molecule has 10 heteroatoms. The number of Topliss-reactive ketones (excluding diaryl/α,β-unsaturated/α-hetero) is 1. The molecule has 0 spiro atoms. The molecule has 3 aromatic rings. The summed E-state index contributed by atoms with van der Waals surface area (Å²) in [6, 6.07) is 6.28. The lowest BCUT2D eigenvalue weighted by atomic mass is 9.86. The number of nitrogens with zero attached hydrogens (tertiary/aromatic N) is 3. The molecule has 47 heavy (non-hydrogen) atoms. The number of aromatic nitrogens is 2. The summed E-state index contributed by atoms with van der Waals surface area (Å²) in [7, 11) is 3.44. The molecule has 0 aliphatic heterocycles. The molecule has 0 bridgehead atoms. The van der Waals surface area contributed by atoms with Gasteiger partial charge in [0.15, 0.2) is 0 Å². The molecule has 1 unspecified atom stereocenters. The molecule has 1 N–H and O–H groups in total. The highest BCUT2D eigenvalue weighted by Gasteiger charge is 2.28. The molecule has 1 atom stereocenters. The minimum atomic E-state index is -0.871. The molecule has 0 aliphatic rings. The minimum Gasteiger partial charge on any atom is -0.465 e. The van der Waals surface area contributed by atoms with Gasteiger partial charge in [-0.05, 0) is 121 Å². The first-order valence-corrected chi connectivity index (χ1v) is 16.9. The number of carbonyl (C=O) groups excluding carboxylic acids is 3. The standard InChI is InChI=1S/C37H53N3O6S/c1-22-16-25(21-39(12)24(3)35(4,5)6)18-26(14-15-37(10,11)44)28(22)19-27(17-23(2)41)31-32-29(20-30(47-32)33(42)45-13)40(38-31)34(43)46-36(7,8)9/h16,18-20,24,44H,14-15,17,21H2,1-13H3/b27-19+. The SMILES string of the molecule is COC(=O)c1cc2c(s1)c(/C(=C/c1c(C)cc(CN(C)C(C)C(C)(C)C)cc1CCC(C)(C)O)CC(C)=O)nn2C(=O)OC(C)(C)C. The third kappa shape index (κ3) is 10.1. The molecule has 0 aliphatic carbocycles. The van der Waals surface area contributed by atoms with Crippen LogP contribution >= 0.6 is 11.3 Å². The molecule has 0 fully saturated rings. The Kier molecular flexibility index (Phi) is 11.7. The first-order valence-electron chi connectivity index (χ1n) is 16.1. The highest BCUT2D eigenvalue weighted by atomic mass is 32.1. The van der Waals surface area contributed by atoms with E-state index >= 15 is 0 Å². The van der Waals surface area contributed by atoms with Crippen LogP contribution in [0.15, 0.2) is 18.2 Å². The topological polar surface area (TPSA) is 111 Å². The average molecular weight is 668 g/mol. The average Bonchev–Trinajstić information content (AvgIpc) is 3.49. The molecular weight excluding hydrogens is 614 g/mol. The minimum absolute atomic E-state index is 0.0594. The summed E-state index contributed by atoms with van der Waals surface area (Å²) >= 11 is 1.16. The van der Waals surface area contributed by atoms with Crippen molar-refractivity contribution in [1.29, 1.82) is 0 Å². The second-order valence-corrected chi connectivity index (χ2v) is 16.4. The smallest absolute Gasteiger partial charge is 0.435 e. The third-order valence-electron chi connectivity index (χ3n) is 8.26. The van der Waals surface area contributed by atoms with Crippen LogP contribution in [0.1, 0.15) is 120 Å². The van der Waals surface area contributed by atoms with Crippen molar-refractivity contribution in [3.63, 3.8) is 0 Å². The number of allylic oxidation sites excluding steroid dienone is 1. The molecule has 1 aromatic carbocycles. The number of ether oxygens (including phenoxy) is 2. The predicted octanol–water partition coefficient (Wildman–Crippen LogP) is 8.07. The number of hydrogen-bond donors (Lipinski definition) is 1. The van der Waals surface area contributed by atoms with Crippen LogP contribution in [-0.4, -0.2) is 69.0 Å². The fourth-order valence-electron chi connectivity index (χ4n) is 5.39. The van der Waals surface area contributed by atoms with Crippen LogP contribution < -0.4 is 0 Å². The van der Waals surface area contributed by atoms with Crippen molar-refractivity contribution in [2.24, 2.45) is 5.41 Å². The zero-order valence-corrected chi connectivity index (χ0v) is 31.3. The molecule has 9 nitrogen and oxygen atoms in total. The summed E-state index contributed by atoms with van der Waals surface area (Å²) in [5.41, 5.74) is 4.07. The Morgan fingerprint density at radius 2 is 1.72 bits per heavy atom. The van der Waals surface area contributed by atoms with Crippen molar-refractivity contribution in [2.45, 2.75) is 119 Å². The molecule has 3 rings (SSSR count). The maximum Gasteiger partial charge on any atom is 0.435 e. The summed E-state index contributed by atoms with van der Waals surface area (Å²) in [5, 5.41) is 15.3. The van der Waals surface area contributed by atoms with Gasteiger partial charge in [0, 0.05) is 19.0 Å². The molecule has 2 aromatic heterocycles. The molecule has 0 amide bonds. The van der Waals surface area contributed by atoms with Crippen LogP contribution in [0.2, 0.25) is 0 Å². The quantitative estimate of drug-likeness (QED) is 0.205. The Balaban J connectivity index is 2.27. The number of rotatable bonds is 11. The number of hydrogen-bond acceptors (Lipinski definition) is 9. The lowest BCUT2D eigenvalue weighted by Crippen LogP contribution is -2.38. The Labute approximate surface area is 283 Å². The van der Waals surface area contributed by atoms with Gasteiger partial charge in [-0.3, -0.25) is 9.69 Å². The fraction of sp³-hybridized carbons (Fsp3) is 0.568. The number of methoxy groups -OCH3 is 1. The van der Waals surface area contributed by atoms with E-state index in [1.54, 1.807) is 40.7 Å². The van der Waals surface area contributed by atoms with Crippen molar-refractivity contribution in [3.8, 4) is 0 Å². The van der Waals surface area contributed by atoms with Gasteiger partial charge < -0.3 is 14.6 Å². The second-order valence-electron chi connectivity index (χ2n) is 15.4. The van der Waals surface area contributed by atoms with E-state index in [1.807, 2.05) is 6.08 Å². The normalized spacial score (nSPS) is 13.7. The number of carbonyl (C=O) groups is 3. The van der Waals surface area contributed by atoms with E-state index in [2.05, 4.69) is 63.8 Å². The summed E-state index contributed by atoms with van der Waals surface area (Å²) in [6.45, 7) is 22.2. The van der Waals surface area contributed by atoms with E-state index in [4.69, 9.17) is 9.47 Å². The molecular formula is C37H53N3O6S. The van der Waals surface area contributed by atoms with Crippen molar-refractivity contribution < 1.29 is 29.0 Å². The van der Waals surface area contributed by atoms with Gasteiger partial charge in [0.1, 0.15) is 22.0 Å². The summed E-state index contributed by atoms with van der Waals surface area (Å²) in [4.78, 5) is 41.2. The summed E-state index contributed by atoms with van der Waals surface area (Å²) in [5.74, 6) is -0.609. The fourth-order valence-corrected chi connectivity index (χ4v) is 6.47. The molecule has 0 saturated heterocycles. The monoisotopic (exact) mass is 667 g/mol. The van der Waals surface area contributed by atoms with E-state index in [9.17, 15) is 19.5 Å². The van der Waals surface area contributed by atoms with Gasteiger partial charge >= 0.3 is 12.1 Å². The summed E-state index contributed by atoms with van der Waals surface area (Å²) in [6.07, 6.45) is 2.50. The number of ketones is 1. The van der Waals surface area contributed by atoms with Gasteiger partial charge in [0.25, 0.3) is 0 Å². The van der Waals surface area contributed by atoms with Crippen LogP contribution in [0.5, 0.6) is 0 Å². The van der Waals surface area contributed by atoms with Crippen LogP contribution in [0.25, 0.3) is 21.9 Å². The molecule has 0 radical (unpaired) electrons. The van der Waals surface area contributed by atoms with E-state index in [1.165, 1.54) is 14.0 Å². The molecule has 258 valence electrons. The molecule has 0 saturated carbocycles. The van der Waals surface area contributed by atoms with Crippen molar-refractivity contribution in [2.75, 3.05) is 14.2 Å². The lowest BCUT2D eigenvalue weighted by molar-refractivity contribution is -0.116. The van der Waals surface area contributed by atoms with Gasteiger partial charge in [0.05, 0.1) is 22.9 Å². The maximum absolute atomic E-state index is 13.3. The van der Waals surface area contributed by atoms with E-state index in [0.717, 1.165) is 44.8 Å². The van der Waals surface area contributed by atoms with Crippen molar-refractivity contribution >= 4 is 51.0 Å². The van der Waals surface area contributed by atoms with Crippen molar-refractivity contribution in [1.82, 2.24) is 14.7 Å². The van der Waals surface area contributed by atoms with Gasteiger partial charge in [-0.1, -0.05) is 32.9 Å². The lowest BCUT2D eigenvalue weighted by Gasteiger charge is -2.35. The zero-order chi connectivity index (χ0) is 35.6. The Morgan fingerprint density at radius 1 is 1.09 bits per heavy atom. The molecule has 2 heterocycles. The highest BCUT2D eigenvalue weighted by molar-refractivity contribution is 7.21. The predicted molar refractivity (Wildman–Crippen MR) is 190 cm³/mol. The third-order valence-corrected chi connectivity index (χ3v) is 9.37. The largest absolute Gasteiger partial charge is 0.465 e. The number of aryl methyl sites for hydroxylation is 2. The highest BCUT2D eigenvalue weighted by Crippen LogP contribution is 2.37. The Bertz CT molecular complexity index is 1660. The summed E-state index contributed by atoms with van der Waals surface area (Å²) < 4.78 is 12.3. The van der Waals surface area contributed by atoms with E-state index in [0.29, 0.717) is 45.2 Å². The first kappa shape index (κ1) is 38.1. The number of aliphatic hydroxyl groups is 1. The number of benzene rings is 1. The number of fused-ring (bicyclic) bond motifs is 1. The maximum atomic E-state index is 13.3. The van der Waals surface area contributed by atoms with Gasteiger partial charge in [-0.25, -0.2) is 9.59 Å².